The van der Waals surface area contributed by atoms with Crippen molar-refractivity contribution in [1.82, 2.24) is 10.2 Å². The van der Waals surface area contributed by atoms with E-state index in [1.165, 1.54) is 12.8 Å². The van der Waals surface area contributed by atoms with Gasteiger partial charge >= 0.3 is 0 Å². The van der Waals surface area contributed by atoms with Gasteiger partial charge in [-0.05, 0) is 43.5 Å². The molecule has 1 N–H and O–H groups in total. The molecular formula is C20H21N3O3. The van der Waals surface area contributed by atoms with Crippen molar-refractivity contribution in [2.75, 3.05) is 13.1 Å². The second-order valence-electron chi connectivity index (χ2n) is 6.85. The first-order valence-electron chi connectivity index (χ1n) is 8.98. The first-order valence-corrected chi connectivity index (χ1v) is 8.98. The molecule has 1 atom stereocenters. The molecule has 6 nitrogen and oxygen atoms in total. The molecule has 4 rings (SSSR count). The number of ether oxygens (including phenoxy) is 1. The first kappa shape index (κ1) is 16.7. The molecule has 1 aromatic carbocycles. The van der Waals surface area contributed by atoms with Crippen molar-refractivity contribution in [3.8, 4) is 11.8 Å². The Hall–Kier alpha value is -2.78. The number of carbonyl (C=O) groups is 1. The highest BCUT2D eigenvalue weighted by Crippen LogP contribution is 2.29. The molecule has 2 fully saturated rings. The van der Waals surface area contributed by atoms with Crippen molar-refractivity contribution in [3.05, 3.63) is 53.5 Å². The third-order valence-corrected chi connectivity index (χ3v) is 4.88. The van der Waals surface area contributed by atoms with Crippen LogP contribution >= 0.6 is 0 Å². The van der Waals surface area contributed by atoms with E-state index in [0.29, 0.717) is 22.8 Å². The van der Waals surface area contributed by atoms with Crippen LogP contribution in [0.1, 0.15) is 41.1 Å². The molecule has 1 aliphatic heterocycles. The van der Waals surface area contributed by atoms with Gasteiger partial charge in [-0.3, -0.25) is 9.69 Å². The number of hydrogen-bond donors (Lipinski definition) is 1. The van der Waals surface area contributed by atoms with Crippen LogP contribution in [0.2, 0.25) is 0 Å². The van der Waals surface area contributed by atoms with E-state index in [0.717, 1.165) is 25.6 Å². The van der Waals surface area contributed by atoms with Gasteiger partial charge in [0.2, 0.25) is 0 Å². The van der Waals surface area contributed by atoms with Gasteiger partial charge < -0.3 is 14.5 Å². The van der Waals surface area contributed by atoms with Crippen molar-refractivity contribution in [2.24, 2.45) is 0 Å². The lowest BCUT2D eigenvalue weighted by atomic mass is 10.2. The van der Waals surface area contributed by atoms with Gasteiger partial charge in [0, 0.05) is 25.2 Å². The number of carbonyl (C=O) groups excluding carboxylic acids is 1. The highest BCUT2D eigenvalue weighted by molar-refractivity contribution is 5.91. The molecule has 0 spiro atoms. The van der Waals surface area contributed by atoms with E-state index in [1.807, 2.05) is 6.07 Å². The maximum Gasteiger partial charge on any atom is 0.287 e. The molecule has 2 aromatic rings. The van der Waals surface area contributed by atoms with Crippen LogP contribution in [0.4, 0.5) is 0 Å². The van der Waals surface area contributed by atoms with Gasteiger partial charge in [0.15, 0.2) is 5.76 Å². The van der Waals surface area contributed by atoms with Crippen LogP contribution in [0.25, 0.3) is 0 Å². The Labute approximate surface area is 152 Å². The van der Waals surface area contributed by atoms with Gasteiger partial charge in [0.05, 0.1) is 5.56 Å². The van der Waals surface area contributed by atoms with Gasteiger partial charge in [-0.25, -0.2) is 0 Å². The summed E-state index contributed by atoms with van der Waals surface area (Å²) in [7, 11) is 0. The number of nitrogens with zero attached hydrogens (tertiary/aromatic N) is 2. The Kier molecular flexibility index (Phi) is 4.63. The monoisotopic (exact) mass is 351 g/mol. The number of rotatable bonds is 6. The van der Waals surface area contributed by atoms with Crippen LogP contribution in [0.15, 0.2) is 40.8 Å². The summed E-state index contributed by atoms with van der Waals surface area (Å²) >= 11 is 0. The number of amides is 1. The normalized spacial score (nSPS) is 19.9. The van der Waals surface area contributed by atoms with Crippen molar-refractivity contribution < 1.29 is 13.9 Å². The van der Waals surface area contributed by atoms with E-state index < -0.39 is 0 Å². The van der Waals surface area contributed by atoms with E-state index in [-0.39, 0.29) is 18.6 Å². The van der Waals surface area contributed by atoms with E-state index in [4.69, 9.17) is 14.4 Å². The van der Waals surface area contributed by atoms with Gasteiger partial charge in [0.1, 0.15) is 24.2 Å². The van der Waals surface area contributed by atoms with Gasteiger partial charge in [0.25, 0.3) is 5.91 Å². The molecule has 134 valence electrons. The quantitative estimate of drug-likeness (QED) is 0.866. The smallest absolute Gasteiger partial charge is 0.287 e. The summed E-state index contributed by atoms with van der Waals surface area (Å²) in [4.78, 5) is 14.8. The summed E-state index contributed by atoms with van der Waals surface area (Å²) in [6, 6.07) is 13.4. The van der Waals surface area contributed by atoms with Crippen molar-refractivity contribution in [2.45, 2.75) is 38.0 Å². The highest BCUT2D eigenvalue weighted by atomic mass is 16.5. The largest absolute Gasteiger partial charge is 0.484 e. The number of likely N-dealkylation sites (tertiary alicyclic amines) is 1. The zero-order valence-corrected chi connectivity index (χ0v) is 14.5. The molecule has 1 saturated heterocycles. The summed E-state index contributed by atoms with van der Waals surface area (Å²) in [6.07, 6.45) is 3.57. The third-order valence-electron chi connectivity index (χ3n) is 4.88. The minimum Gasteiger partial charge on any atom is -0.484 e. The fraction of sp³-hybridized carbons (Fsp3) is 0.400. The Morgan fingerprint density at radius 2 is 2.12 bits per heavy atom. The van der Waals surface area contributed by atoms with Gasteiger partial charge in [-0.2, -0.15) is 5.26 Å². The van der Waals surface area contributed by atoms with Gasteiger partial charge in [-0.15, -0.1) is 0 Å². The molecule has 6 heteroatoms. The van der Waals surface area contributed by atoms with Crippen LogP contribution < -0.4 is 10.1 Å². The average molecular weight is 351 g/mol. The lowest BCUT2D eigenvalue weighted by Crippen LogP contribution is -2.37. The molecule has 2 heterocycles. The number of para-hydroxylation sites is 1. The zero-order valence-electron chi connectivity index (χ0n) is 14.5. The SMILES string of the molecule is N#Cc1ccccc1OCc1ccc(C(=O)NC2CCN(C3CC3)C2)o1. The minimum absolute atomic E-state index is 0.171. The van der Waals surface area contributed by atoms with Crippen molar-refractivity contribution >= 4 is 5.91 Å². The van der Waals surface area contributed by atoms with E-state index in [9.17, 15) is 4.79 Å². The third kappa shape index (κ3) is 3.73. The highest BCUT2D eigenvalue weighted by Gasteiger charge is 2.35. The van der Waals surface area contributed by atoms with Crippen molar-refractivity contribution in [3.63, 3.8) is 0 Å². The van der Waals surface area contributed by atoms with Crippen LogP contribution in [-0.4, -0.2) is 36.0 Å². The van der Waals surface area contributed by atoms with Crippen LogP contribution in [-0.2, 0) is 6.61 Å². The fourth-order valence-electron chi connectivity index (χ4n) is 3.34. The molecule has 1 saturated carbocycles. The molecule has 0 radical (unpaired) electrons. The van der Waals surface area contributed by atoms with Crippen LogP contribution in [0, 0.1) is 11.3 Å². The predicted octanol–water partition coefficient (Wildman–Crippen LogP) is 2.70. The Bertz CT molecular complexity index is 835. The molecule has 1 amide bonds. The van der Waals surface area contributed by atoms with Crippen LogP contribution in [0.5, 0.6) is 5.75 Å². The molecule has 1 unspecified atom stereocenters. The van der Waals surface area contributed by atoms with E-state index in [2.05, 4.69) is 16.3 Å². The topological polar surface area (TPSA) is 78.5 Å². The molecule has 2 aliphatic rings. The second kappa shape index (κ2) is 7.22. The summed E-state index contributed by atoms with van der Waals surface area (Å²) < 4.78 is 11.2. The number of nitriles is 1. The molecule has 1 aromatic heterocycles. The Balaban J connectivity index is 1.31. The molecular weight excluding hydrogens is 330 g/mol. The number of hydrogen-bond acceptors (Lipinski definition) is 5. The maximum absolute atomic E-state index is 12.4. The van der Waals surface area contributed by atoms with E-state index in [1.54, 1.807) is 30.3 Å². The lowest BCUT2D eigenvalue weighted by molar-refractivity contribution is 0.0905. The maximum atomic E-state index is 12.4. The van der Waals surface area contributed by atoms with Gasteiger partial charge in [-0.1, -0.05) is 12.1 Å². The summed E-state index contributed by atoms with van der Waals surface area (Å²) in [6.45, 7) is 2.16. The van der Waals surface area contributed by atoms with Crippen molar-refractivity contribution in [1.29, 1.82) is 5.26 Å². The average Bonchev–Trinajstić information content (AvgIpc) is 3.22. The van der Waals surface area contributed by atoms with Crippen LogP contribution in [0.3, 0.4) is 0 Å². The Morgan fingerprint density at radius 1 is 1.27 bits per heavy atom. The number of benzene rings is 1. The minimum atomic E-state index is -0.184. The molecule has 0 bridgehead atoms. The summed E-state index contributed by atoms with van der Waals surface area (Å²) in [5.41, 5.74) is 0.471. The Morgan fingerprint density at radius 3 is 2.92 bits per heavy atom. The van der Waals surface area contributed by atoms with E-state index >= 15 is 0 Å². The fourth-order valence-corrected chi connectivity index (χ4v) is 3.34. The number of furan rings is 1. The lowest BCUT2D eigenvalue weighted by Gasteiger charge is -2.15. The summed E-state index contributed by atoms with van der Waals surface area (Å²) in [5.74, 6) is 1.16. The molecule has 1 aliphatic carbocycles. The first-order chi connectivity index (χ1) is 12.7. The predicted molar refractivity (Wildman–Crippen MR) is 94.7 cm³/mol. The number of nitrogens with one attached hydrogen (secondary N) is 1. The zero-order chi connectivity index (χ0) is 17.9. The second-order valence-corrected chi connectivity index (χ2v) is 6.85. The standard InChI is InChI=1S/C20H21N3O3/c21-11-14-3-1-2-4-18(14)25-13-17-7-8-19(26-17)20(24)22-15-9-10-23(12-15)16-5-6-16/h1-4,7-8,15-16H,5-6,9-10,12-13H2,(H,22,24). The molecule has 26 heavy (non-hydrogen) atoms. The summed E-state index contributed by atoms with van der Waals surface area (Å²) in [5, 5.41) is 12.1.